The monoisotopic (exact) mass is 457 g/mol. The summed E-state index contributed by atoms with van der Waals surface area (Å²) in [6.45, 7) is 0.215. The SMILES string of the molecule is NC(N)=NCCCC(N)C(=O)NCC(=O)N1CCCC1C(=O)NC(CCC(=O)O)C(=O)O. The topological polar surface area (TPSA) is 244 Å². The smallest absolute Gasteiger partial charge is 0.326 e. The van der Waals surface area contributed by atoms with Gasteiger partial charge in [0.05, 0.1) is 12.6 Å². The fraction of sp³-hybridized carbons (Fsp3) is 0.667. The Morgan fingerprint density at radius 3 is 2.41 bits per heavy atom. The fourth-order valence-corrected chi connectivity index (χ4v) is 3.18. The molecule has 3 amide bonds. The third-order valence-corrected chi connectivity index (χ3v) is 4.86. The molecule has 0 bridgehead atoms. The lowest BCUT2D eigenvalue weighted by Crippen LogP contribution is -2.53. The van der Waals surface area contributed by atoms with E-state index in [9.17, 15) is 29.1 Å². The quantitative estimate of drug-likeness (QED) is 0.0834. The Labute approximate surface area is 184 Å². The van der Waals surface area contributed by atoms with Crippen LogP contribution in [0.25, 0.3) is 0 Å². The molecule has 3 unspecified atom stereocenters. The molecule has 3 atom stereocenters. The second kappa shape index (κ2) is 13.1. The van der Waals surface area contributed by atoms with Crippen LogP contribution in [0, 0.1) is 0 Å². The number of amides is 3. The molecule has 1 aliphatic heterocycles. The minimum Gasteiger partial charge on any atom is -0.481 e. The predicted octanol–water partition coefficient (Wildman–Crippen LogP) is -3.09. The lowest BCUT2D eigenvalue weighted by Gasteiger charge is -2.25. The highest BCUT2D eigenvalue weighted by Gasteiger charge is 2.36. The van der Waals surface area contributed by atoms with Gasteiger partial charge in [0.25, 0.3) is 0 Å². The standard InChI is InChI=1S/C18H31N7O7/c19-10(3-1-7-22-18(20)21)15(29)23-9-13(26)25-8-2-4-12(25)16(30)24-11(17(31)32)5-6-14(27)28/h10-12H,1-9,19H2,(H,23,29)(H,24,30)(H,27,28)(H,31,32)(H4,20,21,22). The van der Waals surface area contributed by atoms with Gasteiger partial charge in [0.1, 0.15) is 12.1 Å². The Hall–Kier alpha value is -3.42. The molecule has 0 aliphatic carbocycles. The Balaban J connectivity index is 2.55. The Morgan fingerprint density at radius 1 is 1.12 bits per heavy atom. The molecule has 1 fully saturated rings. The molecule has 0 aromatic rings. The first-order valence-corrected chi connectivity index (χ1v) is 10.2. The van der Waals surface area contributed by atoms with Gasteiger partial charge in [-0.2, -0.15) is 0 Å². The number of nitrogens with one attached hydrogen (secondary N) is 2. The van der Waals surface area contributed by atoms with Crippen LogP contribution in [0.3, 0.4) is 0 Å². The number of hydrogen-bond donors (Lipinski definition) is 7. The fourth-order valence-electron chi connectivity index (χ4n) is 3.18. The molecule has 0 spiro atoms. The number of nitrogens with two attached hydrogens (primary N) is 3. The number of carboxylic acid groups (broad SMARTS) is 2. The van der Waals surface area contributed by atoms with Crippen LogP contribution in [0.5, 0.6) is 0 Å². The van der Waals surface area contributed by atoms with E-state index in [2.05, 4.69) is 15.6 Å². The van der Waals surface area contributed by atoms with Crippen molar-refractivity contribution in [3.8, 4) is 0 Å². The molecule has 0 aromatic heterocycles. The van der Waals surface area contributed by atoms with Gasteiger partial charge in [0.15, 0.2) is 5.96 Å². The molecule has 14 nitrogen and oxygen atoms in total. The van der Waals surface area contributed by atoms with Gasteiger partial charge in [-0.3, -0.25) is 24.2 Å². The van der Waals surface area contributed by atoms with E-state index < -0.39 is 54.2 Å². The Kier molecular flexibility index (Phi) is 10.9. The van der Waals surface area contributed by atoms with Gasteiger partial charge < -0.3 is 42.9 Å². The number of nitrogens with zero attached hydrogens (tertiary/aromatic N) is 2. The first kappa shape index (κ1) is 26.6. The molecule has 1 rings (SSSR count). The number of guanidine groups is 1. The van der Waals surface area contributed by atoms with E-state index in [1.165, 1.54) is 4.90 Å². The third kappa shape index (κ3) is 9.16. The van der Waals surface area contributed by atoms with Crippen molar-refractivity contribution in [2.45, 2.75) is 56.7 Å². The summed E-state index contributed by atoms with van der Waals surface area (Å²) in [7, 11) is 0. The number of carbonyl (C=O) groups is 5. The molecule has 10 N–H and O–H groups in total. The molecule has 1 heterocycles. The van der Waals surface area contributed by atoms with E-state index in [0.717, 1.165) is 0 Å². The zero-order valence-electron chi connectivity index (χ0n) is 17.7. The summed E-state index contributed by atoms with van der Waals surface area (Å²) < 4.78 is 0. The molecular weight excluding hydrogens is 426 g/mol. The second-order valence-electron chi connectivity index (χ2n) is 7.35. The van der Waals surface area contributed by atoms with Gasteiger partial charge in [-0.15, -0.1) is 0 Å². The molecule has 1 saturated heterocycles. The first-order valence-electron chi connectivity index (χ1n) is 10.2. The number of rotatable bonds is 13. The van der Waals surface area contributed by atoms with Crippen LogP contribution in [0.2, 0.25) is 0 Å². The molecule has 0 saturated carbocycles. The minimum atomic E-state index is -1.38. The van der Waals surface area contributed by atoms with Gasteiger partial charge >= 0.3 is 11.9 Å². The van der Waals surface area contributed by atoms with Crippen molar-refractivity contribution >= 4 is 35.6 Å². The Morgan fingerprint density at radius 2 is 1.81 bits per heavy atom. The van der Waals surface area contributed by atoms with Gasteiger partial charge in [0, 0.05) is 19.5 Å². The van der Waals surface area contributed by atoms with Crippen molar-refractivity contribution in [3.63, 3.8) is 0 Å². The van der Waals surface area contributed by atoms with E-state index in [1.54, 1.807) is 0 Å². The molecule has 180 valence electrons. The minimum absolute atomic E-state index is 0.0608. The third-order valence-electron chi connectivity index (χ3n) is 4.86. The summed E-state index contributed by atoms with van der Waals surface area (Å²) in [6.07, 6.45) is 0.910. The molecule has 1 aliphatic rings. The summed E-state index contributed by atoms with van der Waals surface area (Å²) in [4.78, 5) is 64.1. The number of hydrogen-bond acceptors (Lipinski definition) is 7. The normalized spacial score (nSPS) is 17.2. The van der Waals surface area contributed by atoms with Crippen molar-refractivity contribution in [3.05, 3.63) is 0 Å². The van der Waals surface area contributed by atoms with Crippen LogP contribution < -0.4 is 27.8 Å². The molecular formula is C18H31N7O7. The lowest BCUT2D eigenvalue weighted by atomic mass is 10.1. The summed E-state index contributed by atoms with van der Waals surface area (Å²) in [5, 5.41) is 22.6. The number of aliphatic carboxylic acids is 2. The van der Waals surface area contributed by atoms with Crippen LogP contribution in [0.1, 0.15) is 38.5 Å². The van der Waals surface area contributed by atoms with E-state index in [-0.39, 0.29) is 25.5 Å². The van der Waals surface area contributed by atoms with Gasteiger partial charge in [-0.1, -0.05) is 0 Å². The van der Waals surface area contributed by atoms with Crippen molar-refractivity contribution in [2.75, 3.05) is 19.6 Å². The number of carbonyl (C=O) groups excluding carboxylic acids is 3. The number of carboxylic acids is 2. The summed E-state index contributed by atoms with van der Waals surface area (Å²) in [6, 6.07) is -3.15. The van der Waals surface area contributed by atoms with E-state index >= 15 is 0 Å². The van der Waals surface area contributed by atoms with Crippen LogP contribution in [0.4, 0.5) is 0 Å². The molecule has 14 heteroatoms. The number of likely N-dealkylation sites (tertiary alicyclic amines) is 1. The van der Waals surface area contributed by atoms with E-state index in [0.29, 0.717) is 32.2 Å². The summed E-state index contributed by atoms with van der Waals surface area (Å²) >= 11 is 0. The highest BCUT2D eigenvalue weighted by molar-refractivity contribution is 5.93. The predicted molar refractivity (Wildman–Crippen MR) is 112 cm³/mol. The average molecular weight is 457 g/mol. The van der Waals surface area contributed by atoms with Crippen molar-refractivity contribution < 1.29 is 34.2 Å². The highest BCUT2D eigenvalue weighted by Crippen LogP contribution is 2.18. The maximum absolute atomic E-state index is 12.5. The number of aliphatic imine (C=N–C) groups is 1. The van der Waals surface area contributed by atoms with E-state index in [4.69, 9.17) is 22.3 Å². The zero-order chi connectivity index (χ0) is 24.3. The van der Waals surface area contributed by atoms with Crippen molar-refractivity contribution in [2.24, 2.45) is 22.2 Å². The highest BCUT2D eigenvalue weighted by atomic mass is 16.4. The maximum atomic E-state index is 12.5. The van der Waals surface area contributed by atoms with Gasteiger partial charge in [-0.05, 0) is 32.1 Å². The second-order valence-corrected chi connectivity index (χ2v) is 7.35. The molecule has 0 aromatic carbocycles. The summed E-state index contributed by atoms with van der Waals surface area (Å²) in [5.74, 6) is -4.35. The largest absolute Gasteiger partial charge is 0.481 e. The van der Waals surface area contributed by atoms with Crippen LogP contribution in [-0.4, -0.2) is 88.5 Å². The van der Waals surface area contributed by atoms with Gasteiger partial charge in [0.2, 0.25) is 17.7 Å². The van der Waals surface area contributed by atoms with Gasteiger partial charge in [-0.25, -0.2) is 4.79 Å². The lowest BCUT2D eigenvalue weighted by molar-refractivity contribution is -0.144. The summed E-state index contributed by atoms with van der Waals surface area (Å²) in [5.41, 5.74) is 16.2. The maximum Gasteiger partial charge on any atom is 0.326 e. The molecule has 32 heavy (non-hydrogen) atoms. The van der Waals surface area contributed by atoms with Crippen LogP contribution >= 0.6 is 0 Å². The van der Waals surface area contributed by atoms with Crippen molar-refractivity contribution in [1.29, 1.82) is 0 Å². The van der Waals surface area contributed by atoms with Crippen molar-refractivity contribution in [1.82, 2.24) is 15.5 Å². The van der Waals surface area contributed by atoms with E-state index in [1.807, 2.05) is 0 Å². The van der Waals surface area contributed by atoms with Crippen LogP contribution in [-0.2, 0) is 24.0 Å². The Bertz CT molecular complexity index is 739. The average Bonchev–Trinajstić information content (AvgIpc) is 3.21. The zero-order valence-corrected chi connectivity index (χ0v) is 17.7. The first-order chi connectivity index (χ1) is 15.0. The van der Waals surface area contributed by atoms with Crippen LogP contribution in [0.15, 0.2) is 4.99 Å². The molecule has 0 radical (unpaired) electrons.